The summed E-state index contributed by atoms with van der Waals surface area (Å²) in [6.07, 6.45) is 4.39. The Kier molecular flexibility index (Phi) is 24.1. The molecule has 139 heavy (non-hydrogen) atoms. The van der Waals surface area contributed by atoms with Crippen LogP contribution in [0.2, 0.25) is 5.02 Å². The minimum atomic E-state index is -0.783. The van der Waals surface area contributed by atoms with E-state index in [0.717, 1.165) is 132 Å². The molecule has 0 aliphatic heterocycles. The van der Waals surface area contributed by atoms with Crippen LogP contribution in [0, 0.1) is 5.82 Å². The van der Waals surface area contributed by atoms with Gasteiger partial charge in [0, 0.05) is 98.3 Å². The van der Waals surface area contributed by atoms with E-state index in [9.17, 15) is 63.2 Å². The Bertz CT molecular complexity index is 8960. The van der Waals surface area contributed by atoms with Crippen molar-refractivity contribution in [1.29, 1.82) is 0 Å². The van der Waals surface area contributed by atoms with Crippen molar-refractivity contribution in [2.75, 3.05) is 7.11 Å². The van der Waals surface area contributed by atoms with Gasteiger partial charge in [-0.05, 0) is 176 Å². The van der Waals surface area contributed by atoms with Crippen LogP contribution >= 0.6 is 58.6 Å². The summed E-state index contributed by atoms with van der Waals surface area (Å²) in [5.74, 6) is -1.41. The van der Waals surface area contributed by atoms with Crippen molar-refractivity contribution >= 4 is 103 Å². The van der Waals surface area contributed by atoms with Crippen LogP contribution in [0.4, 0.5) is 4.39 Å². The van der Waals surface area contributed by atoms with Crippen LogP contribution in [0.15, 0.2) is 417 Å². The molecule has 682 valence electrons. The molecule has 4 aliphatic rings. The Morgan fingerprint density at radius 3 is 0.914 bits per heavy atom. The number of hydrogen-bond acceptors (Lipinski definition) is 21. The number of pyridine rings is 4. The fraction of sp³-hybridized carbons (Fsp3) is 0.0714. The van der Waals surface area contributed by atoms with Crippen LogP contribution < -0.4 is 49.5 Å². The molecule has 4 N–H and O–H groups in total. The van der Waals surface area contributed by atoms with Gasteiger partial charge in [0.2, 0.25) is 0 Å². The first-order valence-corrected chi connectivity index (χ1v) is 47.8. The maximum Gasteiger partial charge on any atom is 0.354 e. The molecule has 0 fully saturated rings. The number of benzene rings is 12. The average Bonchev–Trinajstić information content (AvgIpc) is 1.38. The number of rotatable bonds is 13. The molecule has 20 aromatic rings. The highest BCUT2D eigenvalue weighted by molar-refractivity contribution is 8.00. The fourth-order valence-electron chi connectivity index (χ4n) is 18.6. The third-order valence-corrected chi connectivity index (χ3v) is 29.2. The third-order valence-electron chi connectivity index (χ3n) is 24.7. The number of para-hydroxylation sites is 4. The van der Waals surface area contributed by atoms with Crippen molar-refractivity contribution in [3.8, 4) is 96.5 Å². The topological polar surface area (TPSA) is 299 Å². The van der Waals surface area contributed by atoms with Gasteiger partial charge in [-0.2, -0.15) is 0 Å². The van der Waals surface area contributed by atoms with Crippen LogP contribution in [0.25, 0.3) is 112 Å². The predicted molar refractivity (Wildman–Crippen MR) is 540 cm³/mol. The van der Waals surface area contributed by atoms with E-state index < -0.39 is 56.3 Å². The van der Waals surface area contributed by atoms with Crippen LogP contribution in [-0.4, -0.2) is 45.8 Å². The summed E-state index contributed by atoms with van der Waals surface area (Å²) in [6.45, 7) is 0. The van der Waals surface area contributed by atoms with Gasteiger partial charge in [0.15, 0.2) is 45.3 Å². The lowest BCUT2D eigenvalue weighted by molar-refractivity contribution is 0.413. The summed E-state index contributed by atoms with van der Waals surface area (Å²) in [7, 11) is 1.55. The zero-order valence-electron chi connectivity index (χ0n) is 73.3. The van der Waals surface area contributed by atoms with Gasteiger partial charge in [-0.3, -0.25) is 37.4 Å². The van der Waals surface area contributed by atoms with Crippen LogP contribution in [0.3, 0.4) is 0 Å². The molecular formula is C112H74ClFN4O17S4. The highest BCUT2D eigenvalue weighted by Crippen LogP contribution is 2.49. The van der Waals surface area contributed by atoms with Gasteiger partial charge in [0.25, 0.3) is 22.2 Å². The normalized spacial score (nSPS) is 12.3. The molecule has 27 heteroatoms. The maximum atomic E-state index is 14.1. The molecule has 24 rings (SSSR count). The van der Waals surface area contributed by atoms with E-state index >= 15 is 0 Å². The minimum absolute atomic E-state index is 0.00183. The van der Waals surface area contributed by atoms with Crippen LogP contribution in [0.5, 0.6) is 28.7 Å². The number of aromatic nitrogens is 4. The number of fused-ring (bicyclic) bond motifs is 20. The predicted octanol–water partition coefficient (Wildman–Crippen LogP) is 22.9. The van der Waals surface area contributed by atoms with Crippen molar-refractivity contribution in [2.45, 2.75) is 84.1 Å². The molecule has 0 spiro atoms. The lowest BCUT2D eigenvalue weighted by Crippen LogP contribution is -2.25. The Labute approximate surface area is 809 Å². The zero-order chi connectivity index (χ0) is 95.5. The van der Waals surface area contributed by atoms with E-state index in [1.807, 2.05) is 243 Å². The summed E-state index contributed by atoms with van der Waals surface area (Å²) < 4.78 is 48.4. The first-order chi connectivity index (χ1) is 67.7. The summed E-state index contributed by atoms with van der Waals surface area (Å²) in [4.78, 5) is 110. The molecule has 0 saturated heterocycles. The first-order valence-electron chi connectivity index (χ1n) is 44.1. The molecule has 12 aromatic carbocycles. The number of methoxy groups -OCH3 is 1. The molecule has 8 heterocycles. The third kappa shape index (κ3) is 16.4. The van der Waals surface area contributed by atoms with Gasteiger partial charge in [-0.25, -0.2) is 23.6 Å². The molecule has 4 aliphatic carbocycles. The lowest BCUT2D eigenvalue weighted by atomic mass is 9.87. The van der Waals surface area contributed by atoms with Crippen LogP contribution in [0.1, 0.15) is 44.5 Å². The Balaban J connectivity index is 0.000000110. The second-order valence-electron chi connectivity index (χ2n) is 32.9. The van der Waals surface area contributed by atoms with E-state index in [1.165, 1.54) is 18.2 Å². The van der Waals surface area contributed by atoms with Crippen molar-refractivity contribution in [3.63, 3.8) is 0 Å². The summed E-state index contributed by atoms with van der Waals surface area (Å²) >= 11 is 10.1. The van der Waals surface area contributed by atoms with Gasteiger partial charge >= 0.3 is 22.5 Å². The van der Waals surface area contributed by atoms with Gasteiger partial charge < -0.3 is 42.8 Å². The van der Waals surface area contributed by atoms with Crippen molar-refractivity contribution in [3.05, 3.63) is 460 Å². The smallest absolute Gasteiger partial charge is 0.354 e. The molecule has 0 radical (unpaired) electrons. The first kappa shape index (κ1) is 89.4. The van der Waals surface area contributed by atoms with Crippen molar-refractivity contribution in [1.82, 2.24) is 18.3 Å². The second kappa shape index (κ2) is 37.5. The standard InChI is InChI=1S/C29H21NO5S.C28H18ClNO4S.C28H19NO4S.C27H16FNO4S/c1-34-19-11-7-12-20(16-19)36-27-25(31)23-26(35-29(27)33)22-15-14-17-8-5-6-13-21(17)24(22)30(28(23)32)18-9-3-2-4-10-18;29-17-8-6-11-19(15-17)35-26-24(31)22-25(34-28(26)33)21-14-13-16-7-4-5-12-20(16)23(21)30(27(22)32)18-9-2-1-3-10-18;30-24-22-25(33-28(32)26(24)34-19-12-5-2-6-13-19)21-16-15-17-9-7-8-14-20(17)23(21)29(27(22)31)18-10-3-1-4-11-18;28-16-8-6-11-18(14-16)34-25-23(30)21-24(33-27(25)32)20-13-15-7-4-5-12-19(15)22(20)29(26(21)31)17-9-2-1-3-10-17/h2-13,16,31H,14-15H2,1H3;1-12,15,31H,13-14H2;1-14,30H,15-16H2;1-12,14,30H,13H2. The minimum Gasteiger partial charge on any atom is -0.505 e. The van der Waals surface area contributed by atoms with E-state index in [4.69, 9.17) is 34.0 Å². The number of ether oxygens (including phenoxy) is 1. The number of hydrogen-bond donors (Lipinski definition) is 4. The largest absolute Gasteiger partial charge is 0.505 e. The number of aryl methyl sites for hydroxylation is 6. The highest BCUT2D eigenvalue weighted by Gasteiger charge is 2.37. The second-order valence-corrected chi connectivity index (χ2v) is 37.7. The molecule has 0 unspecified atom stereocenters. The number of nitrogens with zero attached hydrogens (tertiary/aromatic N) is 4. The summed E-state index contributed by atoms with van der Waals surface area (Å²) in [6, 6.07) is 97.5. The zero-order valence-corrected chi connectivity index (χ0v) is 77.3. The Hall–Kier alpha value is -16.1. The van der Waals surface area contributed by atoms with Gasteiger partial charge in [-0.1, -0.05) is 265 Å². The number of halogens is 2. The molecule has 21 nitrogen and oxygen atoms in total. The monoisotopic (exact) mass is 1930 g/mol. The van der Waals surface area contributed by atoms with Gasteiger partial charge in [-0.15, -0.1) is 0 Å². The average molecular weight is 1930 g/mol. The number of aromatic hydroxyl groups is 4. The lowest BCUT2D eigenvalue weighted by Gasteiger charge is -2.25. The van der Waals surface area contributed by atoms with E-state index in [0.29, 0.717) is 102 Å². The molecule has 0 saturated carbocycles. The van der Waals surface area contributed by atoms with E-state index in [1.54, 1.807) is 80.0 Å². The van der Waals surface area contributed by atoms with Gasteiger partial charge in [0.1, 0.15) is 52.7 Å². The summed E-state index contributed by atoms with van der Waals surface area (Å²) in [5.41, 5.74) is 12.1. The quantitative estimate of drug-likeness (QED) is 0.0834. The molecule has 8 aromatic heterocycles. The molecule has 0 amide bonds. The molecule has 0 bridgehead atoms. The van der Waals surface area contributed by atoms with Crippen molar-refractivity contribution in [2.24, 2.45) is 0 Å². The molecular weight excluding hydrogens is 1860 g/mol. The summed E-state index contributed by atoms with van der Waals surface area (Å²) in [5, 5.41) is 45.5. The Morgan fingerprint density at radius 2 is 0.568 bits per heavy atom. The van der Waals surface area contributed by atoms with Gasteiger partial charge in [0.05, 0.1) is 29.9 Å². The highest BCUT2D eigenvalue weighted by atomic mass is 35.5. The maximum absolute atomic E-state index is 14.1. The van der Waals surface area contributed by atoms with E-state index in [-0.39, 0.29) is 80.7 Å². The SMILES string of the molecule is COc1cccc(Sc2c(O)c3c(=O)n(-c4ccccc4)c4c(c3oc2=O)CCc2ccccc2-4)c1.O=c1oc2c3c(n(-c4ccccc4)c(=O)c2c(O)c1Sc1cccc(Cl)c1)-c1ccccc1CC3.O=c1oc2c3c(n(-c4ccccc4)c(=O)c2c(O)c1Sc1cccc(F)c1)-c1ccccc1C3.O=c1oc2c3c(n(-c4ccccc4)c(=O)c2c(O)c1Sc1ccccc1)-c1ccccc1CC3. The van der Waals surface area contributed by atoms with Crippen LogP contribution in [-0.2, 0) is 44.9 Å². The van der Waals surface area contributed by atoms with Crippen molar-refractivity contribution < 1.29 is 47.2 Å². The fourth-order valence-corrected chi connectivity index (χ4v) is 22.4. The van der Waals surface area contributed by atoms with E-state index in [2.05, 4.69) is 6.07 Å². The Morgan fingerprint density at radius 1 is 0.295 bits per heavy atom. The molecule has 0 atom stereocenters.